The van der Waals surface area contributed by atoms with E-state index in [0.29, 0.717) is 5.69 Å². The fourth-order valence-electron chi connectivity index (χ4n) is 3.61. The lowest BCUT2D eigenvalue weighted by Crippen LogP contribution is -2.11. The van der Waals surface area contributed by atoms with E-state index < -0.39 is 0 Å². The van der Waals surface area contributed by atoms with Crippen LogP contribution in [0.4, 0.5) is 5.69 Å². The van der Waals surface area contributed by atoms with Crippen molar-refractivity contribution in [2.75, 3.05) is 0 Å². The molecule has 0 fully saturated rings. The molecule has 3 heteroatoms. The Morgan fingerprint density at radius 3 is 2.36 bits per heavy atom. The molecule has 1 unspecified atom stereocenters. The summed E-state index contributed by atoms with van der Waals surface area (Å²) in [7, 11) is 0. The molecule has 0 heterocycles. The SMILES string of the molecule is CCCCCCCC(N)c1c(N=O)ccc2cc3ccccc3cc12. The zero-order valence-corrected chi connectivity index (χ0v) is 14.9. The van der Waals surface area contributed by atoms with E-state index in [9.17, 15) is 4.91 Å². The van der Waals surface area contributed by atoms with Crippen molar-refractivity contribution >= 4 is 27.2 Å². The van der Waals surface area contributed by atoms with Gasteiger partial charge in [-0.05, 0) is 51.3 Å². The number of hydrogen-bond acceptors (Lipinski definition) is 3. The highest BCUT2D eigenvalue weighted by Crippen LogP contribution is 2.36. The molecule has 1 atom stereocenters. The summed E-state index contributed by atoms with van der Waals surface area (Å²) >= 11 is 0. The molecule has 3 rings (SSSR count). The van der Waals surface area contributed by atoms with Crippen LogP contribution in [-0.4, -0.2) is 0 Å². The van der Waals surface area contributed by atoms with Gasteiger partial charge in [-0.1, -0.05) is 69.4 Å². The van der Waals surface area contributed by atoms with Gasteiger partial charge < -0.3 is 5.73 Å². The van der Waals surface area contributed by atoms with Gasteiger partial charge in [0.25, 0.3) is 0 Å². The minimum absolute atomic E-state index is 0.154. The van der Waals surface area contributed by atoms with Crippen LogP contribution in [0.3, 0.4) is 0 Å². The second-order valence-electron chi connectivity index (χ2n) is 6.82. The zero-order chi connectivity index (χ0) is 17.6. The monoisotopic (exact) mass is 334 g/mol. The van der Waals surface area contributed by atoms with Gasteiger partial charge in [0.15, 0.2) is 0 Å². The largest absolute Gasteiger partial charge is 0.324 e. The summed E-state index contributed by atoms with van der Waals surface area (Å²) < 4.78 is 0. The number of fused-ring (bicyclic) bond motifs is 2. The summed E-state index contributed by atoms with van der Waals surface area (Å²) in [5.74, 6) is 0. The molecule has 0 amide bonds. The van der Waals surface area contributed by atoms with Crippen molar-refractivity contribution in [1.29, 1.82) is 0 Å². The van der Waals surface area contributed by atoms with Crippen LogP contribution in [0.5, 0.6) is 0 Å². The highest BCUT2D eigenvalue weighted by molar-refractivity contribution is 6.01. The lowest BCUT2D eigenvalue weighted by Gasteiger charge is -2.17. The molecular weight excluding hydrogens is 308 g/mol. The van der Waals surface area contributed by atoms with Crippen molar-refractivity contribution in [1.82, 2.24) is 0 Å². The Balaban J connectivity index is 1.96. The van der Waals surface area contributed by atoms with Crippen LogP contribution >= 0.6 is 0 Å². The molecule has 130 valence electrons. The molecule has 0 saturated carbocycles. The summed E-state index contributed by atoms with van der Waals surface area (Å²) in [6, 6.07) is 16.2. The summed E-state index contributed by atoms with van der Waals surface area (Å²) in [5.41, 5.74) is 7.87. The number of nitrogens with two attached hydrogens (primary N) is 1. The fraction of sp³-hybridized carbons (Fsp3) is 0.364. The Kier molecular flexibility index (Phi) is 5.77. The van der Waals surface area contributed by atoms with E-state index in [1.807, 2.05) is 18.2 Å². The summed E-state index contributed by atoms with van der Waals surface area (Å²) in [4.78, 5) is 11.3. The first kappa shape index (κ1) is 17.6. The minimum atomic E-state index is -0.154. The van der Waals surface area contributed by atoms with Crippen LogP contribution in [-0.2, 0) is 0 Å². The van der Waals surface area contributed by atoms with Gasteiger partial charge in [-0.3, -0.25) is 0 Å². The molecule has 0 saturated heterocycles. The zero-order valence-electron chi connectivity index (χ0n) is 14.9. The van der Waals surface area contributed by atoms with Gasteiger partial charge in [-0.15, -0.1) is 4.91 Å². The summed E-state index contributed by atoms with van der Waals surface area (Å²) in [6.07, 6.45) is 6.93. The average Bonchev–Trinajstić information content (AvgIpc) is 2.65. The van der Waals surface area contributed by atoms with Crippen LogP contribution in [0.15, 0.2) is 53.7 Å². The van der Waals surface area contributed by atoms with Crippen molar-refractivity contribution in [3.8, 4) is 0 Å². The fourth-order valence-corrected chi connectivity index (χ4v) is 3.61. The smallest absolute Gasteiger partial charge is 0.113 e. The molecule has 0 spiro atoms. The van der Waals surface area contributed by atoms with Crippen molar-refractivity contribution < 1.29 is 0 Å². The van der Waals surface area contributed by atoms with E-state index in [1.165, 1.54) is 31.1 Å². The number of hydrogen-bond donors (Lipinski definition) is 1. The van der Waals surface area contributed by atoms with Crippen LogP contribution in [0.2, 0.25) is 0 Å². The number of benzene rings is 3. The first-order chi connectivity index (χ1) is 12.2. The lowest BCUT2D eigenvalue weighted by molar-refractivity contribution is 0.557. The molecule has 3 aromatic carbocycles. The van der Waals surface area contributed by atoms with E-state index in [1.54, 1.807) is 6.07 Å². The molecule has 3 aromatic rings. The van der Waals surface area contributed by atoms with Gasteiger partial charge in [0.2, 0.25) is 0 Å². The van der Waals surface area contributed by atoms with Crippen molar-refractivity contribution in [3.63, 3.8) is 0 Å². The molecule has 0 aliphatic rings. The maximum atomic E-state index is 11.3. The standard InChI is InChI=1S/C22H26N2O/c1-2-3-4-5-6-11-20(23)22-19-15-17-10-8-7-9-16(17)14-18(19)12-13-21(22)24-25/h7-10,12-15,20H,2-6,11,23H2,1H3. The molecule has 2 N–H and O–H groups in total. The van der Waals surface area contributed by atoms with Crippen molar-refractivity contribution in [2.45, 2.75) is 51.5 Å². The average molecular weight is 334 g/mol. The third-order valence-corrected chi connectivity index (χ3v) is 4.99. The Bertz CT molecular complexity index is 872. The van der Waals surface area contributed by atoms with Gasteiger partial charge >= 0.3 is 0 Å². The van der Waals surface area contributed by atoms with E-state index in [2.05, 4.69) is 36.4 Å². The number of rotatable bonds is 8. The second kappa shape index (κ2) is 8.21. The Morgan fingerprint density at radius 2 is 1.64 bits per heavy atom. The Labute approximate surface area is 149 Å². The first-order valence-electron chi connectivity index (χ1n) is 9.29. The maximum Gasteiger partial charge on any atom is 0.113 e. The van der Waals surface area contributed by atoms with Gasteiger partial charge in [0.05, 0.1) is 0 Å². The van der Waals surface area contributed by atoms with Crippen LogP contribution < -0.4 is 5.73 Å². The summed E-state index contributed by atoms with van der Waals surface area (Å²) in [6.45, 7) is 2.22. The second-order valence-corrected chi connectivity index (χ2v) is 6.82. The van der Waals surface area contributed by atoms with Crippen LogP contribution in [0.25, 0.3) is 21.5 Å². The first-order valence-corrected chi connectivity index (χ1v) is 9.29. The van der Waals surface area contributed by atoms with Crippen molar-refractivity contribution in [2.24, 2.45) is 10.9 Å². The summed E-state index contributed by atoms with van der Waals surface area (Å²) in [5, 5.41) is 7.77. The predicted molar refractivity (Wildman–Crippen MR) is 107 cm³/mol. The van der Waals surface area contributed by atoms with Crippen molar-refractivity contribution in [3.05, 3.63) is 59.0 Å². The highest BCUT2D eigenvalue weighted by atomic mass is 16.3. The molecule has 0 aliphatic heterocycles. The quantitative estimate of drug-likeness (QED) is 0.281. The minimum Gasteiger partial charge on any atom is -0.324 e. The third-order valence-electron chi connectivity index (χ3n) is 4.99. The lowest BCUT2D eigenvalue weighted by atomic mass is 9.92. The molecule has 3 nitrogen and oxygen atoms in total. The molecule has 25 heavy (non-hydrogen) atoms. The Morgan fingerprint density at radius 1 is 0.920 bits per heavy atom. The normalized spacial score (nSPS) is 12.6. The van der Waals surface area contributed by atoms with Crippen LogP contribution in [0.1, 0.15) is 57.1 Å². The third kappa shape index (κ3) is 3.88. The van der Waals surface area contributed by atoms with Gasteiger partial charge in [0, 0.05) is 11.6 Å². The van der Waals surface area contributed by atoms with Gasteiger partial charge in [-0.25, -0.2) is 0 Å². The molecule has 0 radical (unpaired) electrons. The van der Waals surface area contributed by atoms with E-state index >= 15 is 0 Å². The predicted octanol–water partition coefficient (Wildman–Crippen LogP) is 6.75. The topological polar surface area (TPSA) is 55.4 Å². The Hall–Kier alpha value is -2.26. The maximum absolute atomic E-state index is 11.3. The van der Waals surface area contributed by atoms with Crippen LogP contribution in [0, 0.1) is 4.91 Å². The molecule has 0 aliphatic carbocycles. The van der Waals surface area contributed by atoms with E-state index in [4.69, 9.17) is 5.73 Å². The van der Waals surface area contributed by atoms with E-state index in [0.717, 1.165) is 34.6 Å². The highest BCUT2D eigenvalue weighted by Gasteiger charge is 2.16. The molecule has 0 aromatic heterocycles. The molecule has 0 bridgehead atoms. The van der Waals surface area contributed by atoms with Gasteiger partial charge in [0.1, 0.15) is 5.69 Å². The van der Waals surface area contributed by atoms with Gasteiger partial charge in [-0.2, -0.15) is 0 Å². The van der Waals surface area contributed by atoms with E-state index in [-0.39, 0.29) is 6.04 Å². The number of nitrogens with zero attached hydrogens (tertiary/aromatic N) is 1. The number of unbranched alkanes of at least 4 members (excludes halogenated alkanes) is 4. The number of nitroso groups, excluding NO2 is 1. The molecular formula is C22H26N2O.